The van der Waals surface area contributed by atoms with Gasteiger partial charge in [-0.25, -0.2) is 0 Å². The van der Waals surface area contributed by atoms with Gasteiger partial charge in [-0.2, -0.15) is 0 Å². The van der Waals surface area contributed by atoms with Gasteiger partial charge >= 0.3 is 0 Å². The van der Waals surface area contributed by atoms with E-state index < -0.39 is 0 Å². The fraction of sp³-hybridized carbons (Fsp3) is 0.167. The second kappa shape index (κ2) is 5.51. The van der Waals surface area contributed by atoms with Crippen LogP contribution in [0.3, 0.4) is 0 Å². The zero-order chi connectivity index (χ0) is 11.5. The minimum absolute atomic E-state index is 0.872. The Kier molecular flexibility index (Phi) is 4.27. The van der Waals surface area contributed by atoms with Crippen molar-refractivity contribution in [3.05, 3.63) is 48.1 Å². The lowest BCUT2D eigenvalue weighted by Gasteiger charge is -2.07. The first kappa shape index (κ1) is 12.4. The Morgan fingerprint density at radius 2 is 2.19 bits per heavy atom. The summed E-state index contributed by atoms with van der Waals surface area (Å²) in [7, 11) is 0. The van der Waals surface area contributed by atoms with E-state index in [1.807, 2.05) is 0 Å². The van der Waals surface area contributed by atoms with Crippen LogP contribution in [0, 0.1) is 10.5 Å². The van der Waals surface area contributed by atoms with Gasteiger partial charge in [-0.15, -0.1) is 11.3 Å². The maximum absolute atomic E-state index is 3.53. The molecule has 0 fully saturated rings. The van der Waals surface area contributed by atoms with Gasteiger partial charge in [-0.3, -0.25) is 0 Å². The number of rotatable bonds is 3. The van der Waals surface area contributed by atoms with Crippen molar-refractivity contribution >= 4 is 55.5 Å². The molecule has 1 N–H and O–H groups in total. The predicted molar refractivity (Wildman–Crippen MR) is 83.2 cm³/mol. The Hall–Kier alpha value is -0.0700. The summed E-state index contributed by atoms with van der Waals surface area (Å²) in [5, 5.41) is 5.53. The van der Waals surface area contributed by atoms with Crippen molar-refractivity contribution in [1.82, 2.24) is 0 Å². The van der Waals surface area contributed by atoms with E-state index >= 15 is 0 Å². The van der Waals surface area contributed by atoms with Crippen LogP contribution in [0.1, 0.15) is 10.4 Å². The maximum atomic E-state index is 3.53. The molecule has 1 aromatic carbocycles. The summed E-state index contributed by atoms with van der Waals surface area (Å²) >= 11 is 7.66. The third-order valence-corrected chi connectivity index (χ3v) is 5.40. The number of aryl methyl sites for hydroxylation is 1. The lowest BCUT2D eigenvalue weighted by molar-refractivity contribution is 1.18. The van der Waals surface area contributed by atoms with Crippen LogP contribution in [0.15, 0.2) is 34.1 Å². The van der Waals surface area contributed by atoms with Gasteiger partial charge in [-0.05, 0) is 74.6 Å². The van der Waals surface area contributed by atoms with Crippen molar-refractivity contribution in [2.45, 2.75) is 13.5 Å². The van der Waals surface area contributed by atoms with Gasteiger partial charge in [0.2, 0.25) is 0 Å². The van der Waals surface area contributed by atoms with Gasteiger partial charge < -0.3 is 5.32 Å². The van der Waals surface area contributed by atoms with Gasteiger partial charge in [0.15, 0.2) is 0 Å². The van der Waals surface area contributed by atoms with E-state index in [0.29, 0.717) is 0 Å². The van der Waals surface area contributed by atoms with Crippen molar-refractivity contribution in [3.63, 3.8) is 0 Å². The lowest BCUT2D eigenvalue weighted by atomic mass is 10.2. The first-order chi connectivity index (χ1) is 7.66. The van der Waals surface area contributed by atoms with Gasteiger partial charge in [0.05, 0.1) is 6.54 Å². The molecule has 0 aliphatic rings. The molecule has 0 unspecified atom stereocenters. The predicted octanol–water partition coefficient (Wildman–Crippen LogP) is 5.04. The lowest BCUT2D eigenvalue weighted by Crippen LogP contribution is -1.98. The SMILES string of the molecule is Cc1ccc(NCc2sccc2Br)cc1I. The van der Waals surface area contributed by atoms with Crippen molar-refractivity contribution in [1.29, 1.82) is 0 Å². The van der Waals surface area contributed by atoms with Crippen molar-refractivity contribution in [2.75, 3.05) is 5.32 Å². The smallest absolute Gasteiger partial charge is 0.0505 e. The van der Waals surface area contributed by atoms with Crippen LogP contribution in [0.25, 0.3) is 0 Å². The highest BCUT2D eigenvalue weighted by Gasteiger charge is 2.01. The number of anilines is 1. The number of thiophene rings is 1. The molecule has 0 spiro atoms. The molecule has 0 bridgehead atoms. The first-order valence-corrected chi connectivity index (χ1v) is 7.64. The summed E-state index contributed by atoms with van der Waals surface area (Å²) in [6.45, 7) is 3.00. The molecule has 0 aliphatic carbocycles. The van der Waals surface area contributed by atoms with Gasteiger partial charge in [0.25, 0.3) is 0 Å². The molecule has 0 atom stereocenters. The molecule has 0 radical (unpaired) electrons. The standard InChI is InChI=1S/C12H11BrINS/c1-8-2-3-9(6-11(8)14)15-7-12-10(13)4-5-16-12/h2-6,15H,7H2,1H3. The van der Waals surface area contributed by atoms with E-state index in [1.165, 1.54) is 24.2 Å². The van der Waals surface area contributed by atoms with E-state index in [1.54, 1.807) is 11.3 Å². The Bertz CT molecular complexity index is 496. The quantitative estimate of drug-likeness (QED) is 0.703. The van der Waals surface area contributed by atoms with Crippen LogP contribution in [-0.4, -0.2) is 0 Å². The third kappa shape index (κ3) is 2.99. The summed E-state index contributed by atoms with van der Waals surface area (Å²) in [5.74, 6) is 0. The Morgan fingerprint density at radius 3 is 2.81 bits per heavy atom. The molecule has 16 heavy (non-hydrogen) atoms. The highest BCUT2D eigenvalue weighted by Crippen LogP contribution is 2.24. The van der Waals surface area contributed by atoms with E-state index in [-0.39, 0.29) is 0 Å². The number of nitrogens with one attached hydrogen (secondary N) is 1. The number of hydrogen-bond donors (Lipinski definition) is 1. The molecule has 0 amide bonds. The average molecular weight is 408 g/mol. The molecule has 1 heterocycles. The van der Waals surface area contributed by atoms with Crippen molar-refractivity contribution in [3.8, 4) is 0 Å². The topological polar surface area (TPSA) is 12.0 Å². The third-order valence-electron chi connectivity index (χ3n) is 2.32. The Morgan fingerprint density at radius 1 is 1.38 bits per heavy atom. The van der Waals surface area contributed by atoms with Crippen LogP contribution in [0.2, 0.25) is 0 Å². The zero-order valence-electron chi connectivity index (χ0n) is 8.76. The monoisotopic (exact) mass is 407 g/mol. The molecule has 4 heteroatoms. The minimum atomic E-state index is 0.872. The fourth-order valence-corrected chi connectivity index (χ4v) is 3.28. The number of hydrogen-bond acceptors (Lipinski definition) is 2. The maximum Gasteiger partial charge on any atom is 0.0505 e. The normalized spacial score (nSPS) is 10.4. The summed E-state index contributed by atoms with van der Waals surface area (Å²) in [6, 6.07) is 8.53. The summed E-state index contributed by atoms with van der Waals surface area (Å²) in [4.78, 5) is 1.33. The highest BCUT2D eigenvalue weighted by atomic mass is 127. The largest absolute Gasteiger partial charge is 0.380 e. The second-order valence-corrected chi connectivity index (χ2v) is 6.53. The second-order valence-electron chi connectivity index (χ2n) is 3.51. The molecule has 2 rings (SSSR count). The molecule has 0 saturated carbocycles. The fourth-order valence-electron chi connectivity index (χ4n) is 1.34. The molecule has 0 saturated heterocycles. The first-order valence-electron chi connectivity index (χ1n) is 4.88. The molecular weight excluding hydrogens is 397 g/mol. The van der Waals surface area contributed by atoms with E-state index in [0.717, 1.165) is 6.54 Å². The van der Waals surface area contributed by atoms with Crippen LogP contribution in [-0.2, 0) is 6.54 Å². The Balaban J connectivity index is 2.05. The van der Waals surface area contributed by atoms with E-state index in [2.05, 4.69) is 80.4 Å². The van der Waals surface area contributed by atoms with Crippen molar-refractivity contribution < 1.29 is 0 Å². The molecular formula is C12H11BrINS. The molecule has 1 nitrogen and oxygen atoms in total. The summed E-state index contributed by atoms with van der Waals surface area (Å²) in [5.41, 5.74) is 2.50. The number of halogens is 2. The van der Waals surface area contributed by atoms with Crippen LogP contribution < -0.4 is 5.32 Å². The average Bonchev–Trinajstić information content (AvgIpc) is 2.66. The molecule has 2 aromatic rings. The molecule has 84 valence electrons. The Labute approximate surface area is 122 Å². The highest BCUT2D eigenvalue weighted by molar-refractivity contribution is 14.1. The number of benzene rings is 1. The van der Waals surface area contributed by atoms with Gasteiger partial charge in [-0.1, -0.05) is 6.07 Å². The van der Waals surface area contributed by atoms with Crippen LogP contribution >= 0.6 is 49.9 Å². The van der Waals surface area contributed by atoms with Crippen LogP contribution in [0.5, 0.6) is 0 Å². The van der Waals surface area contributed by atoms with Crippen molar-refractivity contribution in [2.24, 2.45) is 0 Å². The molecule has 0 aliphatic heterocycles. The minimum Gasteiger partial charge on any atom is -0.380 e. The summed E-state index contributed by atoms with van der Waals surface area (Å²) < 4.78 is 2.49. The van der Waals surface area contributed by atoms with Crippen LogP contribution in [0.4, 0.5) is 5.69 Å². The zero-order valence-corrected chi connectivity index (χ0v) is 13.3. The van der Waals surface area contributed by atoms with Gasteiger partial charge in [0.1, 0.15) is 0 Å². The van der Waals surface area contributed by atoms with E-state index in [9.17, 15) is 0 Å². The molecule has 1 aromatic heterocycles. The van der Waals surface area contributed by atoms with Gasteiger partial charge in [0, 0.05) is 18.6 Å². The van der Waals surface area contributed by atoms with E-state index in [4.69, 9.17) is 0 Å². The summed E-state index contributed by atoms with van der Waals surface area (Å²) in [6.07, 6.45) is 0.